The SMILES string of the molecule is CN1CCN(c2cccc(NCc3ccccc3)c2OCc2ccccc2)CC1. The Morgan fingerprint density at radius 2 is 1.41 bits per heavy atom. The Labute approximate surface area is 173 Å². The number of nitrogens with zero attached hydrogens (tertiary/aromatic N) is 2. The van der Waals surface area contributed by atoms with E-state index in [0.29, 0.717) is 6.61 Å². The van der Waals surface area contributed by atoms with Crippen LogP contribution in [0.3, 0.4) is 0 Å². The molecule has 4 nitrogen and oxygen atoms in total. The van der Waals surface area contributed by atoms with Gasteiger partial charge in [-0.2, -0.15) is 0 Å². The van der Waals surface area contributed by atoms with E-state index >= 15 is 0 Å². The lowest BCUT2D eigenvalue weighted by Gasteiger charge is -2.35. The van der Waals surface area contributed by atoms with Crippen molar-refractivity contribution in [3.05, 3.63) is 90.0 Å². The predicted molar refractivity (Wildman–Crippen MR) is 121 cm³/mol. The summed E-state index contributed by atoms with van der Waals surface area (Å²) >= 11 is 0. The van der Waals surface area contributed by atoms with Gasteiger partial charge in [0.15, 0.2) is 5.75 Å². The molecule has 1 N–H and O–H groups in total. The number of likely N-dealkylation sites (N-methyl/N-ethyl adjacent to an activating group) is 1. The molecule has 0 bridgehead atoms. The van der Waals surface area contributed by atoms with Crippen molar-refractivity contribution in [3.8, 4) is 5.75 Å². The standard InChI is InChI=1S/C25H29N3O/c1-27-15-17-28(18-16-27)24-14-8-13-23(26-19-21-9-4-2-5-10-21)25(24)29-20-22-11-6-3-7-12-22/h2-14,26H,15-20H2,1H3. The van der Waals surface area contributed by atoms with Gasteiger partial charge >= 0.3 is 0 Å². The van der Waals surface area contributed by atoms with Crippen molar-refractivity contribution in [2.45, 2.75) is 13.2 Å². The zero-order valence-corrected chi connectivity index (χ0v) is 17.1. The van der Waals surface area contributed by atoms with Crippen molar-refractivity contribution < 1.29 is 4.74 Å². The number of anilines is 2. The highest BCUT2D eigenvalue weighted by Gasteiger charge is 2.20. The molecule has 0 unspecified atom stereocenters. The van der Waals surface area contributed by atoms with Gasteiger partial charge in [0.25, 0.3) is 0 Å². The maximum absolute atomic E-state index is 6.41. The fraction of sp³-hybridized carbons (Fsp3) is 0.280. The summed E-state index contributed by atoms with van der Waals surface area (Å²) in [5, 5.41) is 3.59. The summed E-state index contributed by atoms with van der Waals surface area (Å²) in [6.07, 6.45) is 0. The minimum Gasteiger partial charge on any atom is -0.485 e. The molecule has 0 atom stereocenters. The van der Waals surface area contributed by atoms with Gasteiger partial charge in [0.05, 0.1) is 11.4 Å². The molecule has 0 spiro atoms. The molecule has 3 aromatic rings. The van der Waals surface area contributed by atoms with Crippen LogP contribution in [0, 0.1) is 0 Å². The minimum absolute atomic E-state index is 0.561. The van der Waals surface area contributed by atoms with E-state index in [1.807, 2.05) is 12.1 Å². The summed E-state index contributed by atoms with van der Waals surface area (Å²) in [6, 6.07) is 27.3. The number of para-hydroxylation sites is 1. The van der Waals surface area contributed by atoms with Crippen LogP contribution in [-0.2, 0) is 13.2 Å². The number of benzene rings is 3. The monoisotopic (exact) mass is 387 g/mol. The largest absolute Gasteiger partial charge is 0.485 e. The summed E-state index contributed by atoms with van der Waals surface area (Å²) in [7, 11) is 2.18. The first kappa shape index (κ1) is 19.3. The Kier molecular flexibility index (Phi) is 6.32. The third kappa shape index (κ3) is 5.09. The first-order chi connectivity index (χ1) is 14.3. The van der Waals surface area contributed by atoms with Gasteiger partial charge in [0.2, 0.25) is 0 Å². The zero-order chi connectivity index (χ0) is 19.9. The molecule has 1 aliphatic heterocycles. The van der Waals surface area contributed by atoms with Crippen LogP contribution in [0.4, 0.5) is 11.4 Å². The summed E-state index contributed by atoms with van der Waals surface area (Å²) in [5.74, 6) is 0.942. The Balaban J connectivity index is 1.57. The predicted octanol–water partition coefficient (Wildman–Crippen LogP) is 4.63. The number of hydrogen-bond donors (Lipinski definition) is 1. The third-order valence-corrected chi connectivity index (χ3v) is 5.39. The molecule has 4 rings (SSSR count). The van der Waals surface area contributed by atoms with Gasteiger partial charge in [0.1, 0.15) is 6.61 Å². The Morgan fingerprint density at radius 1 is 0.759 bits per heavy atom. The maximum Gasteiger partial charge on any atom is 0.166 e. The van der Waals surface area contributed by atoms with E-state index in [1.54, 1.807) is 0 Å². The van der Waals surface area contributed by atoms with E-state index < -0.39 is 0 Å². The molecule has 1 fully saturated rings. The van der Waals surface area contributed by atoms with Crippen molar-refractivity contribution in [2.75, 3.05) is 43.4 Å². The van der Waals surface area contributed by atoms with E-state index in [1.165, 1.54) is 16.8 Å². The smallest absolute Gasteiger partial charge is 0.166 e. The molecule has 150 valence electrons. The van der Waals surface area contributed by atoms with Crippen LogP contribution in [0.2, 0.25) is 0 Å². The fourth-order valence-electron chi connectivity index (χ4n) is 3.63. The molecule has 0 amide bonds. The van der Waals surface area contributed by atoms with Crippen LogP contribution >= 0.6 is 0 Å². The molecule has 4 heteroatoms. The number of hydrogen-bond acceptors (Lipinski definition) is 4. The number of rotatable bonds is 7. The van der Waals surface area contributed by atoms with E-state index in [2.05, 4.69) is 88.9 Å². The molecular formula is C25H29N3O. The Bertz CT molecular complexity index is 890. The van der Waals surface area contributed by atoms with Gasteiger partial charge in [-0.25, -0.2) is 0 Å². The fourth-order valence-corrected chi connectivity index (χ4v) is 3.63. The van der Waals surface area contributed by atoms with Gasteiger partial charge in [-0.15, -0.1) is 0 Å². The van der Waals surface area contributed by atoms with Crippen molar-refractivity contribution in [2.24, 2.45) is 0 Å². The zero-order valence-electron chi connectivity index (χ0n) is 17.1. The summed E-state index contributed by atoms with van der Waals surface area (Å²) < 4.78 is 6.41. The molecule has 1 heterocycles. The van der Waals surface area contributed by atoms with Crippen molar-refractivity contribution in [3.63, 3.8) is 0 Å². The van der Waals surface area contributed by atoms with Gasteiger partial charge in [-0.1, -0.05) is 66.7 Å². The lowest BCUT2D eigenvalue weighted by atomic mass is 10.1. The first-order valence-electron chi connectivity index (χ1n) is 10.3. The van der Waals surface area contributed by atoms with Crippen LogP contribution < -0.4 is 15.0 Å². The van der Waals surface area contributed by atoms with Crippen LogP contribution in [0.1, 0.15) is 11.1 Å². The van der Waals surface area contributed by atoms with E-state index in [0.717, 1.165) is 44.2 Å². The molecule has 0 radical (unpaired) electrons. The van der Waals surface area contributed by atoms with Crippen molar-refractivity contribution in [1.29, 1.82) is 0 Å². The molecular weight excluding hydrogens is 358 g/mol. The van der Waals surface area contributed by atoms with Gasteiger partial charge < -0.3 is 19.9 Å². The van der Waals surface area contributed by atoms with E-state index in [4.69, 9.17) is 4.74 Å². The second kappa shape index (κ2) is 9.48. The van der Waals surface area contributed by atoms with Crippen molar-refractivity contribution in [1.82, 2.24) is 4.90 Å². The van der Waals surface area contributed by atoms with E-state index in [-0.39, 0.29) is 0 Å². The molecule has 1 saturated heterocycles. The van der Waals surface area contributed by atoms with Crippen LogP contribution in [-0.4, -0.2) is 38.1 Å². The summed E-state index contributed by atoms with van der Waals surface area (Å²) in [4.78, 5) is 4.81. The number of nitrogens with one attached hydrogen (secondary N) is 1. The van der Waals surface area contributed by atoms with Gasteiger partial charge in [-0.3, -0.25) is 0 Å². The molecule has 0 aromatic heterocycles. The summed E-state index contributed by atoms with van der Waals surface area (Å²) in [5.41, 5.74) is 4.65. The third-order valence-electron chi connectivity index (χ3n) is 5.39. The first-order valence-corrected chi connectivity index (χ1v) is 10.3. The molecule has 3 aromatic carbocycles. The van der Waals surface area contributed by atoms with Crippen LogP contribution in [0.5, 0.6) is 5.75 Å². The van der Waals surface area contributed by atoms with Gasteiger partial charge in [-0.05, 0) is 30.3 Å². The molecule has 1 aliphatic rings. The quantitative estimate of drug-likeness (QED) is 0.640. The average Bonchev–Trinajstić information content (AvgIpc) is 2.78. The van der Waals surface area contributed by atoms with Crippen LogP contribution in [0.15, 0.2) is 78.9 Å². The van der Waals surface area contributed by atoms with E-state index in [9.17, 15) is 0 Å². The van der Waals surface area contributed by atoms with Gasteiger partial charge in [0, 0.05) is 32.7 Å². The van der Waals surface area contributed by atoms with Crippen molar-refractivity contribution >= 4 is 11.4 Å². The highest BCUT2D eigenvalue weighted by atomic mass is 16.5. The number of ether oxygens (including phenoxy) is 1. The molecule has 0 saturated carbocycles. The van der Waals surface area contributed by atoms with Crippen LogP contribution in [0.25, 0.3) is 0 Å². The highest BCUT2D eigenvalue weighted by Crippen LogP contribution is 2.37. The Morgan fingerprint density at radius 3 is 2.10 bits per heavy atom. The summed E-state index contributed by atoms with van der Waals surface area (Å²) in [6.45, 7) is 5.50. The second-order valence-electron chi connectivity index (χ2n) is 7.56. The second-order valence-corrected chi connectivity index (χ2v) is 7.56. The lowest BCUT2D eigenvalue weighted by Crippen LogP contribution is -2.44. The maximum atomic E-state index is 6.41. The minimum atomic E-state index is 0.561. The molecule has 0 aliphatic carbocycles. The topological polar surface area (TPSA) is 27.7 Å². The average molecular weight is 388 g/mol. The normalized spacial score (nSPS) is 14.6. The Hall–Kier alpha value is -2.98. The lowest BCUT2D eigenvalue weighted by molar-refractivity contribution is 0.297. The number of piperazine rings is 1. The highest BCUT2D eigenvalue weighted by molar-refractivity contribution is 5.72. The molecule has 29 heavy (non-hydrogen) atoms.